The molecule has 8 heteroatoms. The van der Waals surface area contributed by atoms with Crippen molar-refractivity contribution in [2.75, 3.05) is 31.1 Å². The number of fused-ring (bicyclic) bond motifs is 1. The summed E-state index contributed by atoms with van der Waals surface area (Å²) >= 11 is 5.89. The largest absolute Gasteiger partial charge is 0.362 e. The van der Waals surface area contributed by atoms with Crippen molar-refractivity contribution in [3.05, 3.63) is 68.2 Å². The molecule has 0 N–H and O–H groups in total. The SMILES string of the molecule is O=C(CCC(=O)N1CCN(c2ccc(Cl)cc2[N+](=O)[O-])CC1)c1ccc2c(c1)CCC2. The van der Waals surface area contributed by atoms with Crippen molar-refractivity contribution in [1.29, 1.82) is 0 Å². The summed E-state index contributed by atoms with van der Waals surface area (Å²) in [6.07, 6.45) is 3.60. The highest BCUT2D eigenvalue weighted by molar-refractivity contribution is 6.30. The van der Waals surface area contributed by atoms with Crippen LogP contribution in [0.4, 0.5) is 11.4 Å². The van der Waals surface area contributed by atoms with Gasteiger partial charge in [0.2, 0.25) is 5.91 Å². The van der Waals surface area contributed by atoms with Gasteiger partial charge in [0.25, 0.3) is 5.69 Å². The zero-order valence-corrected chi connectivity index (χ0v) is 17.9. The van der Waals surface area contributed by atoms with Crippen LogP contribution in [0.1, 0.15) is 40.7 Å². The zero-order valence-electron chi connectivity index (χ0n) is 17.2. The molecule has 162 valence electrons. The molecule has 0 atom stereocenters. The number of nitro groups is 1. The Balaban J connectivity index is 1.31. The average Bonchev–Trinajstić information content (AvgIpc) is 3.25. The van der Waals surface area contributed by atoms with E-state index in [1.165, 1.54) is 17.2 Å². The van der Waals surface area contributed by atoms with Crippen molar-refractivity contribution in [3.8, 4) is 0 Å². The minimum absolute atomic E-state index is 0.00141. The van der Waals surface area contributed by atoms with Crippen molar-refractivity contribution in [2.24, 2.45) is 0 Å². The average molecular weight is 442 g/mol. The van der Waals surface area contributed by atoms with Gasteiger partial charge in [0, 0.05) is 55.7 Å². The van der Waals surface area contributed by atoms with E-state index in [9.17, 15) is 19.7 Å². The normalized spacial score (nSPS) is 15.6. The van der Waals surface area contributed by atoms with E-state index in [-0.39, 0.29) is 30.2 Å². The molecule has 1 amide bonds. The summed E-state index contributed by atoms with van der Waals surface area (Å²) in [6, 6.07) is 10.5. The van der Waals surface area contributed by atoms with Gasteiger partial charge in [-0.05, 0) is 48.6 Å². The lowest BCUT2D eigenvalue weighted by molar-refractivity contribution is -0.384. The molecule has 0 saturated carbocycles. The van der Waals surface area contributed by atoms with Gasteiger partial charge in [0.05, 0.1) is 4.92 Å². The Morgan fingerprint density at radius 3 is 2.45 bits per heavy atom. The number of anilines is 1. The lowest BCUT2D eigenvalue weighted by atomic mass is 10.0. The Hall–Kier alpha value is -2.93. The summed E-state index contributed by atoms with van der Waals surface area (Å²) in [4.78, 5) is 39.7. The molecule has 7 nitrogen and oxygen atoms in total. The molecule has 2 aromatic rings. The number of hydrogen-bond donors (Lipinski definition) is 0. The number of carbonyl (C=O) groups is 2. The number of ketones is 1. The van der Waals surface area contributed by atoms with E-state index in [1.54, 1.807) is 17.0 Å². The minimum atomic E-state index is -0.441. The van der Waals surface area contributed by atoms with Gasteiger partial charge in [-0.1, -0.05) is 23.7 Å². The van der Waals surface area contributed by atoms with Crippen LogP contribution >= 0.6 is 11.6 Å². The van der Waals surface area contributed by atoms with Crippen LogP contribution in [0.15, 0.2) is 36.4 Å². The van der Waals surface area contributed by atoms with E-state index in [0.29, 0.717) is 42.5 Å². The number of hydrogen-bond acceptors (Lipinski definition) is 5. The second kappa shape index (κ2) is 9.06. The van der Waals surface area contributed by atoms with E-state index in [2.05, 4.69) is 0 Å². The summed E-state index contributed by atoms with van der Waals surface area (Å²) < 4.78 is 0. The van der Waals surface area contributed by atoms with Crippen molar-refractivity contribution in [1.82, 2.24) is 4.90 Å². The van der Waals surface area contributed by atoms with Crippen molar-refractivity contribution < 1.29 is 14.5 Å². The van der Waals surface area contributed by atoms with Crippen LogP contribution in [0.5, 0.6) is 0 Å². The molecule has 1 heterocycles. The Morgan fingerprint density at radius 1 is 0.968 bits per heavy atom. The number of Topliss-reactive ketones (excluding diaryl/α,β-unsaturated/α-hetero) is 1. The first kappa shape index (κ1) is 21.3. The summed E-state index contributed by atoms with van der Waals surface area (Å²) in [5.41, 5.74) is 3.74. The zero-order chi connectivity index (χ0) is 22.0. The number of piperazine rings is 1. The second-order valence-electron chi connectivity index (χ2n) is 8.02. The molecule has 1 aliphatic carbocycles. The minimum Gasteiger partial charge on any atom is -0.362 e. The van der Waals surface area contributed by atoms with Gasteiger partial charge in [-0.25, -0.2) is 0 Å². The molecule has 2 aliphatic rings. The second-order valence-corrected chi connectivity index (χ2v) is 8.45. The number of carbonyl (C=O) groups excluding carboxylic acids is 2. The lowest BCUT2D eigenvalue weighted by Gasteiger charge is -2.35. The molecule has 0 radical (unpaired) electrons. The van der Waals surface area contributed by atoms with Gasteiger partial charge in [-0.3, -0.25) is 19.7 Å². The van der Waals surface area contributed by atoms with E-state index in [0.717, 1.165) is 19.3 Å². The summed E-state index contributed by atoms with van der Waals surface area (Å²) in [7, 11) is 0. The maximum atomic E-state index is 12.6. The number of benzene rings is 2. The number of rotatable bonds is 6. The first-order valence-electron chi connectivity index (χ1n) is 10.5. The number of nitrogens with zero attached hydrogens (tertiary/aromatic N) is 3. The molecule has 0 spiro atoms. The van der Waals surface area contributed by atoms with Gasteiger partial charge >= 0.3 is 0 Å². The van der Waals surface area contributed by atoms with Crippen molar-refractivity contribution in [3.63, 3.8) is 0 Å². The van der Waals surface area contributed by atoms with Crippen LogP contribution in [-0.2, 0) is 17.6 Å². The third kappa shape index (κ3) is 4.71. The summed E-state index contributed by atoms with van der Waals surface area (Å²) in [5.74, 6) is -0.0572. The first-order valence-corrected chi connectivity index (χ1v) is 10.9. The Labute approximate surface area is 185 Å². The van der Waals surface area contributed by atoms with Crippen LogP contribution in [0, 0.1) is 10.1 Å². The maximum Gasteiger partial charge on any atom is 0.294 e. The van der Waals surface area contributed by atoms with Crippen LogP contribution in [0.2, 0.25) is 5.02 Å². The molecule has 0 aromatic heterocycles. The molecule has 0 unspecified atom stereocenters. The number of nitro benzene ring substituents is 1. The van der Waals surface area contributed by atoms with Crippen LogP contribution in [-0.4, -0.2) is 47.7 Å². The van der Waals surface area contributed by atoms with Crippen molar-refractivity contribution in [2.45, 2.75) is 32.1 Å². The summed E-state index contributed by atoms with van der Waals surface area (Å²) in [5, 5.41) is 11.7. The maximum absolute atomic E-state index is 12.6. The van der Waals surface area contributed by atoms with Gasteiger partial charge in [0.15, 0.2) is 5.78 Å². The molecule has 1 aliphatic heterocycles. The molecule has 2 aromatic carbocycles. The number of amides is 1. The summed E-state index contributed by atoms with van der Waals surface area (Å²) in [6.45, 7) is 1.91. The lowest BCUT2D eigenvalue weighted by Crippen LogP contribution is -2.49. The molecule has 31 heavy (non-hydrogen) atoms. The molecule has 4 rings (SSSR count). The molecular formula is C23H24ClN3O4. The van der Waals surface area contributed by atoms with Gasteiger partial charge in [0.1, 0.15) is 5.69 Å². The van der Waals surface area contributed by atoms with Gasteiger partial charge < -0.3 is 9.80 Å². The van der Waals surface area contributed by atoms with Crippen molar-refractivity contribution >= 4 is 34.7 Å². The monoisotopic (exact) mass is 441 g/mol. The number of halogens is 1. The Bertz CT molecular complexity index is 1030. The van der Waals surface area contributed by atoms with E-state index >= 15 is 0 Å². The molecular weight excluding hydrogens is 418 g/mol. The highest BCUT2D eigenvalue weighted by atomic mass is 35.5. The standard InChI is InChI=1S/C23H24ClN3O4/c24-19-6-7-20(21(15-19)27(30)31)25-10-12-26(13-11-25)23(29)9-8-22(28)18-5-4-16-2-1-3-17(16)14-18/h4-7,14-15H,1-3,8-13H2. The Kier molecular flexibility index (Phi) is 6.23. The third-order valence-corrected chi connectivity index (χ3v) is 6.33. The van der Waals surface area contributed by atoms with Crippen LogP contribution in [0.3, 0.4) is 0 Å². The fraction of sp³-hybridized carbons (Fsp3) is 0.391. The topological polar surface area (TPSA) is 83.8 Å². The fourth-order valence-corrected chi connectivity index (χ4v) is 4.54. The molecule has 1 saturated heterocycles. The predicted molar refractivity (Wildman–Crippen MR) is 119 cm³/mol. The van der Waals surface area contributed by atoms with E-state index < -0.39 is 4.92 Å². The smallest absolute Gasteiger partial charge is 0.294 e. The Morgan fingerprint density at radius 2 is 1.71 bits per heavy atom. The van der Waals surface area contributed by atoms with Crippen LogP contribution in [0.25, 0.3) is 0 Å². The fourth-order valence-electron chi connectivity index (χ4n) is 4.38. The highest BCUT2D eigenvalue weighted by Crippen LogP contribution is 2.31. The van der Waals surface area contributed by atoms with E-state index in [1.807, 2.05) is 23.1 Å². The molecule has 1 fully saturated rings. The highest BCUT2D eigenvalue weighted by Gasteiger charge is 2.26. The van der Waals surface area contributed by atoms with Gasteiger partial charge in [-0.15, -0.1) is 0 Å². The molecule has 0 bridgehead atoms. The van der Waals surface area contributed by atoms with E-state index in [4.69, 9.17) is 11.6 Å². The number of aryl methyl sites for hydroxylation is 2. The quantitative estimate of drug-likeness (QED) is 0.383. The van der Waals surface area contributed by atoms with Crippen LogP contribution < -0.4 is 4.90 Å². The predicted octanol–water partition coefficient (Wildman–Crippen LogP) is 4.05. The van der Waals surface area contributed by atoms with Gasteiger partial charge in [-0.2, -0.15) is 0 Å². The first-order chi connectivity index (χ1) is 14.9. The third-order valence-electron chi connectivity index (χ3n) is 6.09.